The molecule has 0 saturated carbocycles. The highest BCUT2D eigenvalue weighted by atomic mass is 32.2. The lowest BCUT2D eigenvalue weighted by molar-refractivity contribution is 0.147. The fourth-order valence-electron chi connectivity index (χ4n) is 2.33. The molecule has 2 rings (SSSR count). The van der Waals surface area contributed by atoms with Crippen molar-refractivity contribution in [2.45, 2.75) is 16.9 Å². The molecule has 0 radical (unpaired) electrons. The van der Waals surface area contributed by atoms with E-state index in [1.54, 1.807) is 18.9 Å². The van der Waals surface area contributed by atoms with Crippen molar-refractivity contribution >= 4 is 11.8 Å². The zero-order valence-corrected chi connectivity index (χ0v) is 13.1. The lowest BCUT2D eigenvalue weighted by Gasteiger charge is -2.22. The molecule has 3 N–H and O–H groups in total. The monoisotopic (exact) mass is 303 g/mol. The first kappa shape index (κ1) is 15.9. The van der Waals surface area contributed by atoms with Crippen molar-refractivity contribution in [3.05, 3.63) is 59.7 Å². The van der Waals surface area contributed by atoms with Crippen molar-refractivity contribution in [2.75, 3.05) is 19.9 Å². The molecule has 0 aliphatic carbocycles. The van der Waals surface area contributed by atoms with Gasteiger partial charge in [0.2, 0.25) is 0 Å². The Morgan fingerprint density at radius 2 is 1.62 bits per heavy atom. The molecule has 2 aromatic rings. The van der Waals surface area contributed by atoms with Crippen LogP contribution in [0.1, 0.15) is 23.1 Å². The highest BCUT2D eigenvalue weighted by Gasteiger charge is 2.21. The number of nitrogens with two attached hydrogens (primary N) is 1. The van der Waals surface area contributed by atoms with Gasteiger partial charge in [-0.05, 0) is 41.6 Å². The van der Waals surface area contributed by atoms with Gasteiger partial charge in [0, 0.05) is 17.4 Å². The van der Waals surface area contributed by atoms with E-state index < -0.39 is 6.10 Å². The summed E-state index contributed by atoms with van der Waals surface area (Å²) in [6.07, 6.45) is 1.42. The lowest BCUT2D eigenvalue weighted by Crippen LogP contribution is -2.20. The third kappa shape index (κ3) is 3.79. The molecule has 2 aromatic carbocycles. The smallest absolute Gasteiger partial charge is 0.118 e. The minimum atomic E-state index is -0.612. The summed E-state index contributed by atoms with van der Waals surface area (Å²) in [6.45, 7) is 0.387. The highest BCUT2D eigenvalue weighted by molar-refractivity contribution is 7.98. The molecular weight excluding hydrogens is 282 g/mol. The molecule has 2 unspecified atom stereocenters. The topological polar surface area (TPSA) is 55.5 Å². The average molecular weight is 303 g/mol. The minimum absolute atomic E-state index is 0.129. The standard InChI is InChI=1S/C17H21NO2S/c1-20-14-7-3-12(4-8-14)16(11-18)17(19)13-5-9-15(21-2)10-6-13/h3-10,16-17,19H,11,18H2,1-2H3. The van der Waals surface area contributed by atoms with Crippen LogP contribution < -0.4 is 10.5 Å². The molecule has 0 aromatic heterocycles. The van der Waals surface area contributed by atoms with Gasteiger partial charge in [0.1, 0.15) is 5.75 Å². The Bertz CT molecular complexity index is 554. The van der Waals surface area contributed by atoms with E-state index in [0.29, 0.717) is 6.54 Å². The van der Waals surface area contributed by atoms with Crippen molar-refractivity contribution in [1.82, 2.24) is 0 Å². The molecule has 0 heterocycles. The number of benzene rings is 2. The molecule has 0 saturated heterocycles. The van der Waals surface area contributed by atoms with Crippen LogP contribution in [0.25, 0.3) is 0 Å². The van der Waals surface area contributed by atoms with Gasteiger partial charge in [0.25, 0.3) is 0 Å². The maximum atomic E-state index is 10.6. The van der Waals surface area contributed by atoms with Gasteiger partial charge in [0.15, 0.2) is 0 Å². The second-order valence-electron chi connectivity index (χ2n) is 4.83. The number of hydrogen-bond donors (Lipinski definition) is 2. The minimum Gasteiger partial charge on any atom is -0.497 e. The molecule has 3 nitrogen and oxygen atoms in total. The third-order valence-corrected chi connectivity index (χ3v) is 4.38. The van der Waals surface area contributed by atoms with E-state index in [2.05, 4.69) is 0 Å². The average Bonchev–Trinajstić information content (AvgIpc) is 2.56. The van der Waals surface area contributed by atoms with Gasteiger partial charge in [-0.25, -0.2) is 0 Å². The number of aliphatic hydroxyl groups is 1. The molecule has 0 aliphatic rings. The number of hydrogen-bond acceptors (Lipinski definition) is 4. The van der Waals surface area contributed by atoms with Gasteiger partial charge in [-0.2, -0.15) is 0 Å². The molecule has 0 spiro atoms. The Kier molecular flexibility index (Phi) is 5.67. The predicted molar refractivity (Wildman–Crippen MR) is 88.0 cm³/mol. The molecule has 0 amide bonds. The summed E-state index contributed by atoms with van der Waals surface area (Å²) < 4.78 is 5.16. The van der Waals surface area contributed by atoms with Crippen LogP contribution in [0.4, 0.5) is 0 Å². The van der Waals surface area contributed by atoms with E-state index in [4.69, 9.17) is 10.5 Å². The third-order valence-electron chi connectivity index (χ3n) is 3.64. The van der Waals surface area contributed by atoms with E-state index in [0.717, 1.165) is 16.9 Å². The summed E-state index contributed by atoms with van der Waals surface area (Å²) in [5, 5.41) is 10.6. The van der Waals surface area contributed by atoms with Crippen molar-refractivity contribution in [3.63, 3.8) is 0 Å². The number of methoxy groups -OCH3 is 1. The first-order chi connectivity index (χ1) is 10.2. The van der Waals surface area contributed by atoms with Crippen molar-refractivity contribution in [3.8, 4) is 5.75 Å². The fourth-order valence-corrected chi connectivity index (χ4v) is 2.74. The lowest BCUT2D eigenvalue weighted by atomic mass is 9.89. The fraction of sp³-hybridized carbons (Fsp3) is 0.294. The second kappa shape index (κ2) is 7.50. The predicted octanol–water partition coefficient (Wildman–Crippen LogP) is 3.19. The summed E-state index contributed by atoms with van der Waals surface area (Å²) in [4.78, 5) is 1.18. The van der Waals surface area contributed by atoms with Crippen LogP contribution in [0.5, 0.6) is 5.75 Å². The largest absolute Gasteiger partial charge is 0.497 e. The van der Waals surface area contributed by atoms with Gasteiger partial charge in [-0.15, -0.1) is 11.8 Å². The van der Waals surface area contributed by atoms with E-state index in [9.17, 15) is 5.11 Å². The van der Waals surface area contributed by atoms with Gasteiger partial charge >= 0.3 is 0 Å². The van der Waals surface area contributed by atoms with Gasteiger partial charge in [-0.3, -0.25) is 0 Å². The van der Waals surface area contributed by atoms with E-state index in [-0.39, 0.29) is 5.92 Å². The molecule has 0 bridgehead atoms. The maximum absolute atomic E-state index is 10.6. The first-order valence-corrected chi connectivity index (χ1v) is 8.08. The summed E-state index contributed by atoms with van der Waals surface area (Å²) >= 11 is 1.68. The number of ether oxygens (including phenoxy) is 1. The molecule has 0 fully saturated rings. The summed E-state index contributed by atoms with van der Waals surface area (Å²) in [6, 6.07) is 15.6. The Morgan fingerprint density at radius 1 is 1.05 bits per heavy atom. The molecule has 21 heavy (non-hydrogen) atoms. The zero-order chi connectivity index (χ0) is 15.2. The van der Waals surface area contributed by atoms with Crippen molar-refractivity contribution in [1.29, 1.82) is 0 Å². The van der Waals surface area contributed by atoms with Crippen LogP contribution in [0, 0.1) is 0 Å². The van der Waals surface area contributed by atoms with E-state index >= 15 is 0 Å². The highest BCUT2D eigenvalue weighted by Crippen LogP contribution is 2.31. The Balaban J connectivity index is 2.21. The van der Waals surface area contributed by atoms with Crippen LogP contribution >= 0.6 is 11.8 Å². The van der Waals surface area contributed by atoms with Crippen LogP contribution in [-0.2, 0) is 0 Å². The molecular formula is C17H21NO2S. The van der Waals surface area contributed by atoms with Crippen LogP contribution in [0.3, 0.4) is 0 Å². The number of rotatable bonds is 6. The Morgan fingerprint density at radius 3 is 2.10 bits per heavy atom. The summed E-state index contributed by atoms with van der Waals surface area (Å²) in [5.74, 6) is 0.671. The first-order valence-electron chi connectivity index (χ1n) is 6.85. The molecule has 2 atom stereocenters. The van der Waals surface area contributed by atoms with E-state index in [1.807, 2.05) is 54.8 Å². The maximum Gasteiger partial charge on any atom is 0.118 e. The van der Waals surface area contributed by atoms with Gasteiger partial charge in [0.05, 0.1) is 13.2 Å². The quantitative estimate of drug-likeness (QED) is 0.805. The number of thioether (sulfide) groups is 1. The summed E-state index contributed by atoms with van der Waals surface area (Å²) in [5.41, 5.74) is 7.78. The molecule has 0 aliphatic heterocycles. The van der Waals surface area contributed by atoms with E-state index in [1.165, 1.54) is 4.90 Å². The zero-order valence-electron chi connectivity index (χ0n) is 12.3. The summed E-state index contributed by atoms with van der Waals surface area (Å²) in [7, 11) is 1.64. The number of aliphatic hydroxyl groups excluding tert-OH is 1. The van der Waals surface area contributed by atoms with Crippen LogP contribution in [0.2, 0.25) is 0 Å². The van der Waals surface area contributed by atoms with Gasteiger partial charge < -0.3 is 15.6 Å². The van der Waals surface area contributed by atoms with Crippen molar-refractivity contribution < 1.29 is 9.84 Å². The Labute approximate surface area is 130 Å². The Hall–Kier alpha value is -1.49. The SMILES string of the molecule is COc1ccc(C(CN)C(O)c2ccc(SC)cc2)cc1. The van der Waals surface area contributed by atoms with Crippen LogP contribution in [-0.4, -0.2) is 25.0 Å². The normalized spacial score (nSPS) is 13.7. The van der Waals surface area contributed by atoms with Gasteiger partial charge in [-0.1, -0.05) is 24.3 Å². The molecule has 4 heteroatoms. The second-order valence-corrected chi connectivity index (χ2v) is 5.71. The van der Waals surface area contributed by atoms with Crippen LogP contribution in [0.15, 0.2) is 53.4 Å². The van der Waals surface area contributed by atoms with Crippen molar-refractivity contribution in [2.24, 2.45) is 5.73 Å². The molecule has 112 valence electrons.